The molecule has 0 radical (unpaired) electrons. The Labute approximate surface area is 130 Å². The Morgan fingerprint density at radius 1 is 1.14 bits per heavy atom. The van der Waals surface area contributed by atoms with Crippen molar-refractivity contribution in [2.45, 2.75) is 53.0 Å². The van der Waals surface area contributed by atoms with Crippen LogP contribution in [0, 0.1) is 6.92 Å². The summed E-state index contributed by atoms with van der Waals surface area (Å²) in [6.45, 7) is 9.38. The standard InChI is InChI=1S/C15H23N5S/c1-5-8-16-13(7-3)15-20-19-14(21-15)11-9-10(4)17-18-12(11)6-2/h9,13,16H,5-8H2,1-4H3. The molecule has 5 nitrogen and oxygen atoms in total. The zero-order chi connectivity index (χ0) is 15.2. The average molecular weight is 305 g/mol. The second kappa shape index (κ2) is 7.56. The minimum atomic E-state index is 0.289. The summed E-state index contributed by atoms with van der Waals surface area (Å²) < 4.78 is 0. The molecule has 0 saturated carbocycles. The number of aryl methyl sites for hydroxylation is 2. The molecule has 0 spiro atoms. The normalized spacial score (nSPS) is 12.6. The molecule has 0 aliphatic carbocycles. The Morgan fingerprint density at radius 3 is 2.62 bits per heavy atom. The van der Waals surface area contributed by atoms with Crippen LogP contribution < -0.4 is 5.32 Å². The van der Waals surface area contributed by atoms with Crippen LogP contribution in [0.2, 0.25) is 0 Å². The van der Waals surface area contributed by atoms with E-state index >= 15 is 0 Å². The number of aromatic nitrogens is 4. The van der Waals surface area contributed by atoms with E-state index in [0.717, 1.165) is 52.8 Å². The van der Waals surface area contributed by atoms with Crippen molar-refractivity contribution in [3.8, 4) is 10.6 Å². The fraction of sp³-hybridized carbons (Fsp3) is 0.600. The van der Waals surface area contributed by atoms with Gasteiger partial charge in [0.05, 0.1) is 17.4 Å². The first kappa shape index (κ1) is 16.0. The summed E-state index contributed by atoms with van der Waals surface area (Å²) in [4.78, 5) is 0. The first-order chi connectivity index (χ1) is 10.2. The molecule has 0 aromatic carbocycles. The third-order valence-corrected chi connectivity index (χ3v) is 4.42. The molecule has 0 bridgehead atoms. The van der Waals surface area contributed by atoms with Gasteiger partial charge in [0.2, 0.25) is 0 Å². The third kappa shape index (κ3) is 3.83. The Hall–Kier alpha value is -1.40. The van der Waals surface area contributed by atoms with E-state index < -0.39 is 0 Å². The summed E-state index contributed by atoms with van der Waals surface area (Å²) in [5.74, 6) is 0. The average Bonchev–Trinajstić information content (AvgIpc) is 2.97. The van der Waals surface area contributed by atoms with Crippen LogP contribution in [0.15, 0.2) is 6.07 Å². The number of nitrogens with one attached hydrogen (secondary N) is 1. The van der Waals surface area contributed by atoms with Gasteiger partial charge in [-0.15, -0.1) is 10.2 Å². The Bertz CT molecular complexity index is 581. The second-order valence-corrected chi connectivity index (χ2v) is 6.07. The molecule has 0 fully saturated rings. The number of nitrogens with zero attached hydrogens (tertiary/aromatic N) is 4. The van der Waals surface area contributed by atoms with Crippen molar-refractivity contribution in [2.75, 3.05) is 6.54 Å². The van der Waals surface area contributed by atoms with Gasteiger partial charge in [0.1, 0.15) is 10.0 Å². The summed E-state index contributed by atoms with van der Waals surface area (Å²) in [6.07, 6.45) is 2.99. The zero-order valence-corrected chi connectivity index (χ0v) is 14.0. The number of rotatable bonds is 7. The van der Waals surface area contributed by atoms with Gasteiger partial charge in [0.15, 0.2) is 0 Å². The van der Waals surface area contributed by atoms with Gasteiger partial charge in [-0.05, 0) is 38.8 Å². The summed E-state index contributed by atoms with van der Waals surface area (Å²) >= 11 is 1.65. The van der Waals surface area contributed by atoms with Gasteiger partial charge < -0.3 is 5.32 Å². The SMILES string of the molecule is CCCNC(CC)c1nnc(-c2cc(C)nnc2CC)s1. The second-order valence-electron chi connectivity index (χ2n) is 5.06. The van der Waals surface area contributed by atoms with Gasteiger partial charge in [-0.1, -0.05) is 32.1 Å². The molecule has 21 heavy (non-hydrogen) atoms. The quantitative estimate of drug-likeness (QED) is 0.850. The largest absolute Gasteiger partial charge is 0.308 e. The smallest absolute Gasteiger partial charge is 0.149 e. The van der Waals surface area contributed by atoms with E-state index in [-0.39, 0.29) is 6.04 Å². The van der Waals surface area contributed by atoms with Crippen molar-refractivity contribution in [3.05, 3.63) is 22.5 Å². The molecule has 2 aromatic rings. The summed E-state index contributed by atoms with van der Waals surface area (Å²) in [6, 6.07) is 2.34. The summed E-state index contributed by atoms with van der Waals surface area (Å²) in [7, 11) is 0. The fourth-order valence-corrected chi connectivity index (χ4v) is 3.21. The molecule has 0 aliphatic heterocycles. The van der Waals surface area contributed by atoms with Gasteiger partial charge in [-0.25, -0.2) is 0 Å². The van der Waals surface area contributed by atoms with Crippen LogP contribution in [-0.2, 0) is 6.42 Å². The maximum atomic E-state index is 4.38. The van der Waals surface area contributed by atoms with Gasteiger partial charge in [0.25, 0.3) is 0 Å². The molecule has 2 rings (SSSR count). The molecule has 2 aromatic heterocycles. The maximum Gasteiger partial charge on any atom is 0.149 e. The zero-order valence-electron chi connectivity index (χ0n) is 13.2. The van der Waals surface area contributed by atoms with Crippen LogP contribution in [0.25, 0.3) is 10.6 Å². The lowest BCUT2D eigenvalue weighted by Gasteiger charge is -2.12. The van der Waals surface area contributed by atoms with E-state index in [2.05, 4.69) is 52.5 Å². The molecule has 0 aliphatic rings. The molecule has 1 atom stereocenters. The van der Waals surface area contributed by atoms with E-state index in [0.29, 0.717) is 0 Å². The minimum absolute atomic E-state index is 0.289. The minimum Gasteiger partial charge on any atom is -0.308 e. The highest BCUT2D eigenvalue weighted by atomic mass is 32.1. The predicted molar refractivity (Wildman–Crippen MR) is 86.4 cm³/mol. The van der Waals surface area contributed by atoms with Crippen molar-refractivity contribution in [3.63, 3.8) is 0 Å². The van der Waals surface area contributed by atoms with Crippen LogP contribution in [0.1, 0.15) is 56.1 Å². The monoisotopic (exact) mass is 305 g/mol. The topological polar surface area (TPSA) is 63.6 Å². The fourth-order valence-electron chi connectivity index (χ4n) is 2.17. The lowest BCUT2D eigenvalue weighted by Crippen LogP contribution is -2.21. The number of hydrogen-bond donors (Lipinski definition) is 1. The highest BCUT2D eigenvalue weighted by Crippen LogP contribution is 2.30. The van der Waals surface area contributed by atoms with Crippen LogP contribution >= 0.6 is 11.3 Å². The molecule has 114 valence electrons. The molecular formula is C15H23N5S. The maximum absolute atomic E-state index is 4.38. The summed E-state index contributed by atoms with van der Waals surface area (Å²) in [5.41, 5.74) is 2.96. The van der Waals surface area contributed by atoms with Crippen LogP contribution in [-0.4, -0.2) is 26.9 Å². The Kier molecular flexibility index (Phi) is 5.76. The Morgan fingerprint density at radius 2 is 1.95 bits per heavy atom. The van der Waals surface area contributed by atoms with Gasteiger partial charge in [-0.3, -0.25) is 0 Å². The highest BCUT2D eigenvalue weighted by molar-refractivity contribution is 7.14. The van der Waals surface area contributed by atoms with Crippen LogP contribution in [0.4, 0.5) is 0 Å². The molecule has 0 saturated heterocycles. The van der Waals surface area contributed by atoms with E-state index in [4.69, 9.17) is 0 Å². The van der Waals surface area contributed by atoms with Gasteiger partial charge in [-0.2, -0.15) is 10.2 Å². The molecule has 6 heteroatoms. The molecular weight excluding hydrogens is 282 g/mol. The molecule has 1 unspecified atom stereocenters. The summed E-state index contributed by atoms with van der Waals surface area (Å²) in [5, 5.41) is 22.7. The van der Waals surface area contributed by atoms with Crippen molar-refractivity contribution in [1.29, 1.82) is 0 Å². The van der Waals surface area contributed by atoms with E-state index in [9.17, 15) is 0 Å². The van der Waals surface area contributed by atoms with E-state index in [1.165, 1.54) is 0 Å². The number of hydrogen-bond acceptors (Lipinski definition) is 6. The lowest BCUT2D eigenvalue weighted by molar-refractivity contribution is 0.513. The molecule has 0 amide bonds. The van der Waals surface area contributed by atoms with Gasteiger partial charge >= 0.3 is 0 Å². The van der Waals surface area contributed by atoms with Crippen LogP contribution in [0.3, 0.4) is 0 Å². The van der Waals surface area contributed by atoms with Crippen LogP contribution in [0.5, 0.6) is 0 Å². The van der Waals surface area contributed by atoms with Crippen molar-refractivity contribution >= 4 is 11.3 Å². The highest BCUT2D eigenvalue weighted by Gasteiger charge is 2.17. The molecule has 1 N–H and O–H groups in total. The first-order valence-corrected chi connectivity index (χ1v) is 8.41. The van der Waals surface area contributed by atoms with E-state index in [1.807, 2.05) is 6.92 Å². The van der Waals surface area contributed by atoms with Crippen molar-refractivity contribution < 1.29 is 0 Å². The van der Waals surface area contributed by atoms with Crippen molar-refractivity contribution in [1.82, 2.24) is 25.7 Å². The first-order valence-electron chi connectivity index (χ1n) is 7.59. The predicted octanol–water partition coefficient (Wildman–Crippen LogP) is 3.32. The van der Waals surface area contributed by atoms with Gasteiger partial charge in [0, 0.05) is 5.56 Å². The Balaban J connectivity index is 2.28. The van der Waals surface area contributed by atoms with E-state index in [1.54, 1.807) is 11.3 Å². The third-order valence-electron chi connectivity index (χ3n) is 3.35. The van der Waals surface area contributed by atoms with Crippen molar-refractivity contribution in [2.24, 2.45) is 0 Å². The molecule has 2 heterocycles. The lowest BCUT2D eigenvalue weighted by atomic mass is 10.1.